The van der Waals surface area contributed by atoms with Gasteiger partial charge in [0.25, 0.3) is 0 Å². The molecule has 1 aromatic heterocycles. The molecule has 0 spiro atoms. The predicted octanol–water partition coefficient (Wildman–Crippen LogP) is 4.60. The van der Waals surface area contributed by atoms with E-state index in [-0.39, 0.29) is 5.82 Å². The standard InChI is InChI=1S/C18H17FN2/c1-12-6-8-15-10-14(7-9-18(15)21-12)11-20-17-5-3-4-16(19)13(17)2/h3-10,20H,11H2,1-2H3. The molecule has 2 nitrogen and oxygen atoms in total. The topological polar surface area (TPSA) is 24.9 Å². The smallest absolute Gasteiger partial charge is 0.128 e. The van der Waals surface area contributed by atoms with Gasteiger partial charge in [-0.1, -0.05) is 18.2 Å². The number of anilines is 1. The minimum absolute atomic E-state index is 0.182. The number of nitrogens with one attached hydrogen (secondary N) is 1. The highest BCUT2D eigenvalue weighted by Crippen LogP contribution is 2.20. The number of aryl methyl sites for hydroxylation is 1. The first kappa shape index (κ1) is 13.6. The minimum Gasteiger partial charge on any atom is -0.381 e. The number of benzene rings is 2. The molecule has 3 rings (SSSR count). The highest BCUT2D eigenvalue weighted by molar-refractivity contribution is 5.79. The number of hydrogen-bond donors (Lipinski definition) is 1. The molecule has 0 radical (unpaired) electrons. The largest absolute Gasteiger partial charge is 0.381 e. The van der Waals surface area contributed by atoms with Crippen molar-refractivity contribution < 1.29 is 4.39 Å². The molecule has 0 aliphatic heterocycles. The number of rotatable bonds is 3. The van der Waals surface area contributed by atoms with Crippen molar-refractivity contribution in [2.75, 3.05) is 5.32 Å². The van der Waals surface area contributed by atoms with Crippen molar-refractivity contribution >= 4 is 16.6 Å². The summed E-state index contributed by atoms with van der Waals surface area (Å²) < 4.78 is 13.5. The van der Waals surface area contributed by atoms with Gasteiger partial charge in [-0.05, 0) is 49.7 Å². The van der Waals surface area contributed by atoms with Gasteiger partial charge in [-0.25, -0.2) is 4.39 Å². The molecule has 0 unspecified atom stereocenters. The Hall–Kier alpha value is -2.42. The Morgan fingerprint density at radius 2 is 1.90 bits per heavy atom. The van der Waals surface area contributed by atoms with E-state index in [9.17, 15) is 4.39 Å². The van der Waals surface area contributed by atoms with E-state index in [4.69, 9.17) is 0 Å². The maximum atomic E-state index is 13.5. The Balaban J connectivity index is 1.82. The quantitative estimate of drug-likeness (QED) is 0.758. The number of aromatic nitrogens is 1. The van der Waals surface area contributed by atoms with Crippen LogP contribution in [0.15, 0.2) is 48.5 Å². The molecule has 0 bridgehead atoms. The molecule has 0 fully saturated rings. The second kappa shape index (κ2) is 5.52. The van der Waals surface area contributed by atoms with Gasteiger partial charge < -0.3 is 5.32 Å². The summed E-state index contributed by atoms with van der Waals surface area (Å²) in [5, 5.41) is 4.41. The zero-order valence-corrected chi connectivity index (χ0v) is 12.2. The first-order valence-electron chi connectivity index (χ1n) is 6.99. The SMILES string of the molecule is Cc1ccc2cc(CNc3cccc(F)c3C)ccc2n1. The molecule has 0 aliphatic rings. The van der Waals surface area contributed by atoms with Crippen LogP contribution in [0.2, 0.25) is 0 Å². The molecule has 1 N–H and O–H groups in total. The summed E-state index contributed by atoms with van der Waals surface area (Å²) in [5.41, 5.74) is 4.65. The number of nitrogens with zero attached hydrogens (tertiary/aromatic N) is 1. The zero-order valence-electron chi connectivity index (χ0n) is 12.2. The van der Waals surface area contributed by atoms with Gasteiger partial charge >= 0.3 is 0 Å². The number of pyridine rings is 1. The van der Waals surface area contributed by atoms with Gasteiger partial charge in [0.05, 0.1) is 5.52 Å². The lowest BCUT2D eigenvalue weighted by Crippen LogP contribution is -2.02. The third-order valence-electron chi connectivity index (χ3n) is 3.64. The molecular formula is C18H17FN2. The van der Waals surface area contributed by atoms with E-state index in [1.807, 2.05) is 25.1 Å². The van der Waals surface area contributed by atoms with E-state index < -0.39 is 0 Å². The van der Waals surface area contributed by atoms with Crippen molar-refractivity contribution in [2.24, 2.45) is 0 Å². The van der Waals surface area contributed by atoms with Gasteiger partial charge in [0.1, 0.15) is 5.82 Å². The molecule has 2 aromatic carbocycles. The van der Waals surface area contributed by atoms with Crippen LogP contribution in [0.4, 0.5) is 10.1 Å². The third kappa shape index (κ3) is 2.87. The zero-order chi connectivity index (χ0) is 14.8. The summed E-state index contributed by atoms with van der Waals surface area (Å²) in [4.78, 5) is 4.49. The number of fused-ring (bicyclic) bond motifs is 1. The molecule has 0 aliphatic carbocycles. The summed E-state index contributed by atoms with van der Waals surface area (Å²) in [6, 6.07) is 15.4. The van der Waals surface area contributed by atoms with Gasteiger partial charge in [0.15, 0.2) is 0 Å². The van der Waals surface area contributed by atoms with Crippen LogP contribution < -0.4 is 5.32 Å². The summed E-state index contributed by atoms with van der Waals surface area (Å²) in [6.07, 6.45) is 0. The van der Waals surface area contributed by atoms with E-state index in [0.29, 0.717) is 12.1 Å². The molecule has 106 valence electrons. The van der Waals surface area contributed by atoms with E-state index in [0.717, 1.165) is 27.8 Å². The summed E-state index contributed by atoms with van der Waals surface area (Å²) >= 11 is 0. The molecular weight excluding hydrogens is 263 g/mol. The maximum Gasteiger partial charge on any atom is 0.128 e. The highest BCUT2D eigenvalue weighted by Gasteiger charge is 2.03. The lowest BCUT2D eigenvalue weighted by Gasteiger charge is -2.10. The van der Waals surface area contributed by atoms with Crippen LogP contribution >= 0.6 is 0 Å². The van der Waals surface area contributed by atoms with E-state index in [1.165, 1.54) is 6.07 Å². The summed E-state index contributed by atoms with van der Waals surface area (Å²) in [5.74, 6) is -0.182. The molecule has 0 atom stereocenters. The third-order valence-corrected chi connectivity index (χ3v) is 3.64. The molecule has 0 amide bonds. The fraction of sp³-hybridized carbons (Fsp3) is 0.167. The van der Waals surface area contributed by atoms with Gasteiger partial charge in [0, 0.05) is 28.9 Å². The molecule has 0 saturated heterocycles. The first-order valence-corrected chi connectivity index (χ1v) is 6.99. The Morgan fingerprint density at radius 1 is 1.05 bits per heavy atom. The lowest BCUT2D eigenvalue weighted by atomic mass is 10.1. The fourth-order valence-electron chi connectivity index (χ4n) is 2.38. The summed E-state index contributed by atoms with van der Waals surface area (Å²) in [7, 11) is 0. The van der Waals surface area contributed by atoms with Crippen LogP contribution in [-0.4, -0.2) is 4.98 Å². The van der Waals surface area contributed by atoms with Crippen LogP contribution in [-0.2, 0) is 6.54 Å². The van der Waals surface area contributed by atoms with Gasteiger partial charge in [0.2, 0.25) is 0 Å². The molecule has 21 heavy (non-hydrogen) atoms. The molecule has 3 aromatic rings. The van der Waals surface area contributed by atoms with Crippen molar-refractivity contribution in [1.29, 1.82) is 0 Å². The first-order chi connectivity index (χ1) is 10.1. The van der Waals surface area contributed by atoms with E-state index in [1.54, 1.807) is 13.0 Å². The van der Waals surface area contributed by atoms with Crippen LogP contribution in [0, 0.1) is 19.7 Å². The van der Waals surface area contributed by atoms with Gasteiger partial charge in [-0.3, -0.25) is 4.98 Å². The van der Waals surface area contributed by atoms with Crippen molar-refractivity contribution in [3.8, 4) is 0 Å². The second-order valence-corrected chi connectivity index (χ2v) is 5.25. The van der Waals surface area contributed by atoms with E-state index >= 15 is 0 Å². The highest BCUT2D eigenvalue weighted by atomic mass is 19.1. The van der Waals surface area contributed by atoms with Crippen LogP contribution in [0.3, 0.4) is 0 Å². The van der Waals surface area contributed by atoms with Crippen molar-refractivity contribution in [3.05, 3.63) is 71.2 Å². The Kier molecular flexibility index (Phi) is 3.57. The fourth-order valence-corrected chi connectivity index (χ4v) is 2.38. The van der Waals surface area contributed by atoms with Gasteiger partial charge in [-0.15, -0.1) is 0 Å². The number of hydrogen-bond acceptors (Lipinski definition) is 2. The van der Waals surface area contributed by atoms with Crippen LogP contribution in [0.5, 0.6) is 0 Å². The molecule has 3 heteroatoms. The van der Waals surface area contributed by atoms with Gasteiger partial charge in [-0.2, -0.15) is 0 Å². The van der Waals surface area contributed by atoms with Crippen molar-refractivity contribution in [1.82, 2.24) is 4.98 Å². The van der Waals surface area contributed by atoms with Crippen LogP contribution in [0.25, 0.3) is 10.9 Å². The Bertz CT molecular complexity index is 796. The number of halogens is 1. The average molecular weight is 280 g/mol. The Labute approximate surface area is 123 Å². The molecule has 0 saturated carbocycles. The predicted molar refractivity (Wildman–Crippen MR) is 84.9 cm³/mol. The lowest BCUT2D eigenvalue weighted by molar-refractivity contribution is 0.619. The normalized spacial score (nSPS) is 10.8. The van der Waals surface area contributed by atoms with E-state index in [2.05, 4.69) is 28.5 Å². The summed E-state index contributed by atoms with van der Waals surface area (Å²) in [6.45, 7) is 4.43. The maximum absolute atomic E-state index is 13.5. The van der Waals surface area contributed by atoms with Crippen LogP contribution in [0.1, 0.15) is 16.8 Å². The minimum atomic E-state index is -0.182. The monoisotopic (exact) mass is 280 g/mol. The average Bonchev–Trinajstić information content (AvgIpc) is 2.49. The molecule has 1 heterocycles. The van der Waals surface area contributed by atoms with Crippen molar-refractivity contribution in [2.45, 2.75) is 20.4 Å². The van der Waals surface area contributed by atoms with Crippen molar-refractivity contribution in [3.63, 3.8) is 0 Å². The second-order valence-electron chi connectivity index (χ2n) is 5.25. The Morgan fingerprint density at radius 3 is 2.76 bits per heavy atom.